The average Bonchev–Trinajstić information content (AvgIpc) is 2.99. The van der Waals surface area contributed by atoms with Crippen LogP contribution >= 0.6 is 0 Å². The van der Waals surface area contributed by atoms with E-state index in [-0.39, 0.29) is 16.9 Å². The van der Waals surface area contributed by atoms with Crippen LogP contribution in [0.5, 0.6) is 0 Å². The molecule has 0 aliphatic heterocycles. The number of anilines is 1. The van der Waals surface area contributed by atoms with Gasteiger partial charge >= 0.3 is 6.18 Å². The van der Waals surface area contributed by atoms with Crippen LogP contribution in [-0.2, 0) is 16.0 Å². The third kappa shape index (κ3) is 3.60. The van der Waals surface area contributed by atoms with Crippen molar-refractivity contribution in [1.29, 1.82) is 0 Å². The van der Waals surface area contributed by atoms with Gasteiger partial charge in [-0.25, -0.2) is 13.4 Å². The second kappa shape index (κ2) is 5.30. The Labute approximate surface area is 136 Å². The molecule has 132 valence electrons. The molecule has 0 unspecified atom stereocenters. The molecule has 0 atom stereocenters. The van der Waals surface area contributed by atoms with Crippen LogP contribution in [0.3, 0.4) is 0 Å². The Hall–Kier alpha value is -1.91. The van der Waals surface area contributed by atoms with Crippen LogP contribution in [0.15, 0.2) is 6.07 Å². The molecule has 1 saturated carbocycles. The van der Waals surface area contributed by atoms with E-state index in [0.717, 1.165) is 17.4 Å². The lowest BCUT2D eigenvalue weighted by atomic mass is 10.1. The fourth-order valence-electron chi connectivity index (χ4n) is 2.62. The van der Waals surface area contributed by atoms with Crippen LogP contribution in [0.4, 0.5) is 19.0 Å². The zero-order chi connectivity index (χ0) is 17.8. The van der Waals surface area contributed by atoms with Crippen molar-refractivity contribution in [2.45, 2.75) is 25.9 Å². The average molecular weight is 363 g/mol. The number of hydrogen-bond acceptors (Lipinski definition) is 6. The minimum atomic E-state index is -4.66. The highest BCUT2D eigenvalue weighted by Gasteiger charge is 2.45. The number of nitrogens with zero attached hydrogens (tertiary/aromatic N) is 4. The number of fused-ring (bicyclic) bond motifs is 1. The highest BCUT2D eigenvalue weighted by atomic mass is 32.2. The lowest BCUT2D eigenvalue weighted by molar-refractivity contribution is -0.144. The van der Waals surface area contributed by atoms with Crippen molar-refractivity contribution in [2.24, 2.45) is 5.41 Å². The zero-order valence-electron chi connectivity index (χ0n) is 13.1. The van der Waals surface area contributed by atoms with Gasteiger partial charge in [0.25, 0.3) is 11.6 Å². The van der Waals surface area contributed by atoms with Crippen LogP contribution in [0, 0.1) is 12.3 Å². The van der Waals surface area contributed by atoms with E-state index >= 15 is 0 Å². The molecule has 1 aliphatic carbocycles. The van der Waals surface area contributed by atoms with Gasteiger partial charge in [-0.15, -0.1) is 5.10 Å². The molecule has 0 bridgehead atoms. The molecule has 0 aromatic carbocycles. The fraction of sp³-hybridized carbons (Fsp3) is 0.615. The molecule has 1 aliphatic rings. The minimum absolute atomic E-state index is 0.0470. The molecule has 2 heterocycles. The lowest BCUT2D eigenvalue weighted by Gasteiger charge is -2.16. The molecule has 1 fully saturated rings. The second-order valence-electron chi connectivity index (χ2n) is 6.35. The second-order valence-corrected chi connectivity index (χ2v) is 8.49. The molecule has 2 aromatic rings. The summed E-state index contributed by atoms with van der Waals surface area (Å²) >= 11 is 0. The maximum Gasteiger partial charge on any atom is 0.453 e. The summed E-state index contributed by atoms with van der Waals surface area (Å²) in [6.07, 6.45) is -1.97. The van der Waals surface area contributed by atoms with E-state index in [9.17, 15) is 21.6 Å². The van der Waals surface area contributed by atoms with Gasteiger partial charge in [0.2, 0.25) is 0 Å². The minimum Gasteiger partial charge on any atom is -0.369 e. The number of aromatic nitrogens is 4. The summed E-state index contributed by atoms with van der Waals surface area (Å²) in [5.41, 5.74) is 0.115. The molecule has 3 rings (SSSR count). The smallest absolute Gasteiger partial charge is 0.369 e. The van der Waals surface area contributed by atoms with Crippen molar-refractivity contribution in [2.75, 3.05) is 23.9 Å². The number of rotatable bonds is 5. The summed E-state index contributed by atoms with van der Waals surface area (Å²) in [6.45, 7) is 1.97. The highest BCUT2D eigenvalue weighted by molar-refractivity contribution is 7.90. The maximum absolute atomic E-state index is 12.8. The monoisotopic (exact) mass is 363 g/mol. The quantitative estimate of drug-likeness (QED) is 0.870. The summed E-state index contributed by atoms with van der Waals surface area (Å²) in [5, 5.41) is 6.47. The summed E-state index contributed by atoms with van der Waals surface area (Å²) in [6, 6.07) is 1.55. The van der Waals surface area contributed by atoms with Crippen LogP contribution in [0.1, 0.15) is 24.4 Å². The number of hydrogen-bond donors (Lipinski definition) is 1. The number of sulfone groups is 1. The van der Waals surface area contributed by atoms with Crippen molar-refractivity contribution in [3.8, 4) is 0 Å². The third-order valence-corrected chi connectivity index (χ3v) is 5.00. The molecule has 0 radical (unpaired) electrons. The Balaban J connectivity index is 1.88. The number of alkyl halides is 3. The molecular formula is C13H16F3N5O2S. The van der Waals surface area contributed by atoms with E-state index in [1.807, 2.05) is 0 Å². The SMILES string of the molecule is Cc1cc(NCC2(CS(C)(=O)=O)CC2)n2nc(C(F)(F)F)nc2n1. The number of halogens is 3. The summed E-state index contributed by atoms with van der Waals surface area (Å²) in [7, 11) is -3.13. The van der Waals surface area contributed by atoms with Crippen LogP contribution < -0.4 is 5.32 Å². The van der Waals surface area contributed by atoms with Gasteiger partial charge in [-0.05, 0) is 19.8 Å². The van der Waals surface area contributed by atoms with Gasteiger partial charge in [-0.2, -0.15) is 22.7 Å². The first-order chi connectivity index (χ1) is 11.0. The Morgan fingerprint density at radius 1 is 1.33 bits per heavy atom. The van der Waals surface area contributed by atoms with Gasteiger partial charge in [-0.3, -0.25) is 0 Å². The van der Waals surface area contributed by atoms with Crippen LogP contribution in [-0.4, -0.2) is 46.6 Å². The largest absolute Gasteiger partial charge is 0.453 e. The summed E-state index contributed by atoms with van der Waals surface area (Å²) in [4.78, 5) is 7.35. The van der Waals surface area contributed by atoms with Crippen molar-refractivity contribution < 1.29 is 21.6 Å². The van der Waals surface area contributed by atoms with Crippen LogP contribution in [0.25, 0.3) is 5.78 Å². The van der Waals surface area contributed by atoms with E-state index in [2.05, 4.69) is 20.4 Å². The predicted octanol–water partition coefficient (Wildman–Crippen LogP) is 1.69. The standard InChI is InChI=1S/C13H16F3N5O2S/c1-8-5-9(17-6-12(3-4-12)7-24(2,22)23)21-11(18-8)19-10(20-21)13(14,15)16/h5,17H,3-4,6-7H2,1-2H3. The van der Waals surface area contributed by atoms with E-state index in [4.69, 9.17) is 0 Å². The molecule has 2 aromatic heterocycles. The van der Waals surface area contributed by atoms with Crippen LogP contribution in [0.2, 0.25) is 0 Å². The van der Waals surface area contributed by atoms with Crippen molar-refractivity contribution in [1.82, 2.24) is 19.6 Å². The first kappa shape index (κ1) is 16.9. The first-order valence-electron chi connectivity index (χ1n) is 7.21. The molecule has 11 heteroatoms. The normalized spacial score (nSPS) is 17.2. The molecule has 0 saturated heterocycles. The highest BCUT2D eigenvalue weighted by Crippen LogP contribution is 2.46. The number of aryl methyl sites for hydroxylation is 1. The third-order valence-electron chi connectivity index (χ3n) is 3.86. The topological polar surface area (TPSA) is 89.2 Å². The Kier molecular flexibility index (Phi) is 3.74. The van der Waals surface area contributed by atoms with Crippen molar-refractivity contribution >= 4 is 21.4 Å². The Morgan fingerprint density at radius 3 is 2.54 bits per heavy atom. The molecular weight excluding hydrogens is 347 g/mol. The van der Waals surface area contributed by atoms with Gasteiger partial charge in [0.1, 0.15) is 15.7 Å². The maximum atomic E-state index is 12.8. The van der Waals surface area contributed by atoms with Gasteiger partial charge in [-0.1, -0.05) is 0 Å². The van der Waals surface area contributed by atoms with Crippen molar-refractivity contribution in [3.63, 3.8) is 0 Å². The molecule has 0 spiro atoms. The fourth-order valence-corrected chi connectivity index (χ4v) is 4.12. The van der Waals surface area contributed by atoms with Gasteiger partial charge in [0.05, 0.1) is 5.75 Å². The summed E-state index contributed by atoms with van der Waals surface area (Å²) in [5.74, 6) is -1.07. The number of nitrogens with one attached hydrogen (secondary N) is 1. The molecule has 7 nitrogen and oxygen atoms in total. The van der Waals surface area contributed by atoms with Gasteiger partial charge in [0.15, 0.2) is 0 Å². The van der Waals surface area contributed by atoms with E-state index in [0.29, 0.717) is 18.1 Å². The predicted molar refractivity (Wildman–Crippen MR) is 80.4 cm³/mol. The first-order valence-corrected chi connectivity index (χ1v) is 9.27. The van der Waals surface area contributed by atoms with E-state index in [1.54, 1.807) is 13.0 Å². The van der Waals surface area contributed by atoms with Gasteiger partial charge in [0, 0.05) is 30.0 Å². The molecule has 1 N–H and O–H groups in total. The van der Waals surface area contributed by atoms with Crippen molar-refractivity contribution in [3.05, 3.63) is 17.6 Å². The molecule has 24 heavy (non-hydrogen) atoms. The Bertz CT molecular complexity index is 887. The van der Waals surface area contributed by atoms with Gasteiger partial charge < -0.3 is 5.32 Å². The molecule has 0 amide bonds. The van der Waals surface area contributed by atoms with E-state index in [1.165, 1.54) is 6.26 Å². The van der Waals surface area contributed by atoms with E-state index < -0.39 is 21.8 Å². The summed E-state index contributed by atoms with van der Waals surface area (Å²) < 4.78 is 62.3. The zero-order valence-corrected chi connectivity index (χ0v) is 13.9. The lowest BCUT2D eigenvalue weighted by Crippen LogP contribution is -2.25. The Morgan fingerprint density at radius 2 is 2.00 bits per heavy atom.